The highest BCUT2D eigenvalue weighted by Gasteiger charge is 2.17. The van der Waals surface area contributed by atoms with Crippen molar-refractivity contribution in [2.45, 2.75) is 45.8 Å². The molecule has 0 bridgehead atoms. The van der Waals surface area contributed by atoms with Crippen LogP contribution in [-0.4, -0.2) is 25.3 Å². The summed E-state index contributed by atoms with van der Waals surface area (Å²) in [5.41, 5.74) is 1.20. The minimum atomic E-state index is -0.119. The number of rotatable bonds is 4. The lowest BCUT2D eigenvalue weighted by molar-refractivity contribution is 0.111. The summed E-state index contributed by atoms with van der Waals surface area (Å²) in [6.45, 7) is 7.61. The molecule has 1 fully saturated rings. The van der Waals surface area contributed by atoms with Gasteiger partial charge in [-0.2, -0.15) is 0 Å². The van der Waals surface area contributed by atoms with Crippen LogP contribution in [0, 0.1) is 13.8 Å². The highest BCUT2D eigenvalue weighted by atomic mass is 32.1. The van der Waals surface area contributed by atoms with E-state index < -0.39 is 0 Å². The van der Waals surface area contributed by atoms with E-state index in [9.17, 15) is 4.79 Å². The van der Waals surface area contributed by atoms with E-state index in [2.05, 4.69) is 30.5 Å². The van der Waals surface area contributed by atoms with Crippen molar-refractivity contribution in [3.05, 3.63) is 21.4 Å². The lowest BCUT2D eigenvalue weighted by Gasteiger charge is -2.16. The first-order chi connectivity index (χ1) is 9.06. The van der Waals surface area contributed by atoms with Crippen LogP contribution in [0.3, 0.4) is 0 Å². The van der Waals surface area contributed by atoms with Gasteiger partial charge in [0.25, 0.3) is 0 Å². The van der Waals surface area contributed by atoms with E-state index in [1.54, 1.807) is 11.3 Å². The summed E-state index contributed by atoms with van der Waals surface area (Å²) in [7, 11) is 0. The van der Waals surface area contributed by atoms with E-state index in [-0.39, 0.29) is 18.2 Å². The molecule has 1 aliphatic heterocycles. The molecule has 2 N–H and O–H groups in total. The molecule has 2 heterocycles. The molecule has 0 radical (unpaired) electrons. The normalized spacial score (nSPS) is 20.3. The first kappa shape index (κ1) is 14.3. The Morgan fingerprint density at radius 3 is 2.95 bits per heavy atom. The number of carbonyl (C=O) groups excluding carboxylic acids is 1. The summed E-state index contributed by atoms with van der Waals surface area (Å²) in [4.78, 5) is 14.4. The van der Waals surface area contributed by atoms with Gasteiger partial charge in [0.15, 0.2) is 0 Å². The van der Waals surface area contributed by atoms with Crippen LogP contribution >= 0.6 is 11.3 Å². The highest BCUT2D eigenvalue weighted by Crippen LogP contribution is 2.25. The van der Waals surface area contributed by atoms with Crippen molar-refractivity contribution in [1.82, 2.24) is 10.6 Å². The third-order valence-corrected chi connectivity index (χ3v) is 4.39. The molecule has 2 amide bonds. The Labute approximate surface area is 118 Å². The summed E-state index contributed by atoms with van der Waals surface area (Å²) in [6.07, 6.45) is 2.32. The van der Waals surface area contributed by atoms with E-state index >= 15 is 0 Å². The minimum Gasteiger partial charge on any atom is -0.376 e. The smallest absolute Gasteiger partial charge is 0.315 e. The maximum atomic E-state index is 11.8. The van der Waals surface area contributed by atoms with Crippen LogP contribution in [0.1, 0.15) is 41.1 Å². The second kappa shape index (κ2) is 6.39. The van der Waals surface area contributed by atoms with E-state index in [4.69, 9.17) is 4.74 Å². The average molecular weight is 282 g/mol. The van der Waals surface area contributed by atoms with Gasteiger partial charge in [0.1, 0.15) is 0 Å². The van der Waals surface area contributed by atoms with Crippen molar-refractivity contribution < 1.29 is 9.53 Å². The number of hydrogen-bond acceptors (Lipinski definition) is 3. The number of ether oxygens (including phenoxy) is 1. The highest BCUT2D eigenvalue weighted by molar-refractivity contribution is 7.12. The molecule has 5 heteroatoms. The lowest BCUT2D eigenvalue weighted by atomic mass is 10.1. The zero-order valence-corrected chi connectivity index (χ0v) is 12.6. The maximum absolute atomic E-state index is 11.8. The van der Waals surface area contributed by atoms with Crippen LogP contribution < -0.4 is 10.6 Å². The molecule has 1 aliphatic rings. The molecule has 19 heavy (non-hydrogen) atoms. The molecule has 0 spiro atoms. The third-order valence-electron chi connectivity index (χ3n) is 3.41. The van der Waals surface area contributed by atoms with Crippen molar-refractivity contribution in [3.63, 3.8) is 0 Å². The number of amides is 2. The molecule has 0 saturated carbocycles. The Balaban J connectivity index is 1.79. The maximum Gasteiger partial charge on any atom is 0.315 e. The average Bonchev–Trinajstić information content (AvgIpc) is 2.96. The van der Waals surface area contributed by atoms with Crippen LogP contribution in [0.15, 0.2) is 6.07 Å². The fourth-order valence-corrected chi connectivity index (χ4v) is 3.44. The van der Waals surface area contributed by atoms with E-state index in [0.717, 1.165) is 19.4 Å². The lowest BCUT2D eigenvalue weighted by Crippen LogP contribution is -2.40. The standard InChI is InChI=1S/C14H22N2O2S/c1-9-7-13(11(3)19-9)10(2)16-14(17)15-8-12-5-4-6-18-12/h7,10,12H,4-6,8H2,1-3H3,(H2,15,16,17)/t10-,12-/m0/s1. The fraction of sp³-hybridized carbons (Fsp3) is 0.643. The Hall–Kier alpha value is -1.07. The van der Waals surface area contributed by atoms with Gasteiger partial charge in [-0.05, 0) is 45.2 Å². The van der Waals surface area contributed by atoms with E-state index in [0.29, 0.717) is 6.54 Å². The van der Waals surface area contributed by atoms with Crippen molar-refractivity contribution in [2.75, 3.05) is 13.2 Å². The fourth-order valence-electron chi connectivity index (χ4n) is 2.42. The predicted octanol–water partition coefficient (Wildman–Crippen LogP) is 2.90. The number of nitrogens with one attached hydrogen (secondary N) is 2. The van der Waals surface area contributed by atoms with Gasteiger partial charge in [0.05, 0.1) is 12.1 Å². The molecule has 1 aromatic rings. The van der Waals surface area contributed by atoms with Gasteiger partial charge in [-0.15, -0.1) is 11.3 Å². The molecule has 2 rings (SSSR count). The van der Waals surface area contributed by atoms with Crippen LogP contribution in [0.2, 0.25) is 0 Å². The van der Waals surface area contributed by atoms with Gasteiger partial charge in [-0.3, -0.25) is 0 Å². The molecular weight excluding hydrogens is 260 g/mol. The summed E-state index contributed by atoms with van der Waals surface area (Å²) < 4.78 is 5.47. The van der Waals surface area contributed by atoms with Gasteiger partial charge in [0.2, 0.25) is 0 Å². The third kappa shape index (κ3) is 3.94. The molecule has 0 unspecified atom stereocenters. The summed E-state index contributed by atoms with van der Waals surface area (Å²) in [6, 6.07) is 2.06. The number of aryl methyl sites for hydroxylation is 2. The van der Waals surface area contributed by atoms with Crippen LogP contribution in [-0.2, 0) is 4.74 Å². The Kier molecular flexibility index (Phi) is 4.82. The topological polar surface area (TPSA) is 50.4 Å². The number of hydrogen-bond donors (Lipinski definition) is 2. The second-order valence-electron chi connectivity index (χ2n) is 5.08. The number of thiophene rings is 1. The second-order valence-corrected chi connectivity index (χ2v) is 6.54. The summed E-state index contributed by atoms with van der Waals surface area (Å²) >= 11 is 1.77. The van der Waals surface area contributed by atoms with Gasteiger partial charge in [0, 0.05) is 22.9 Å². The van der Waals surface area contributed by atoms with Gasteiger partial charge in [-0.1, -0.05) is 0 Å². The van der Waals surface area contributed by atoms with Crippen molar-refractivity contribution in [2.24, 2.45) is 0 Å². The first-order valence-corrected chi connectivity index (χ1v) is 7.61. The van der Waals surface area contributed by atoms with Crippen LogP contribution in [0.5, 0.6) is 0 Å². The van der Waals surface area contributed by atoms with Crippen molar-refractivity contribution in [1.29, 1.82) is 0 Å². The zero-order chi connectivity index (χ0) is 13.8. The summed E-state index contributed by atoms with van der Waals surface area (Å²) in [5, 5.41) is 5.86. The Morgan fingerprint density at radius 2 is 2.37 bits per heavy atom. The van der Waals surface area contributed by atoms with Gasteiger partial charge < -0.3 is 15.4 Å². The van der Waals surface area contributed by atoms with Gasteiger partial charge in [-0.25, -0.2) is 4.79 Å². The molecule has 0 aromatic carbocycles. The molecule has 1 saturated heterocycles. The zero-order valence-electron chi connectivity index (χ0n) is 11.8. The van der Waals surface area contributed by atoms with Gasteiger partial charge >= 0.3 is 6.03 Å². The van der Waals surface area contributed by atoms with Crippen molar-refractivity contribution in [3.8, 4) is 0 Å². The molecule has 2 atom stereocenters. The SMILES string of the molecule is Cc1cc([C@H](C)NC(=O)NC[C@@H]2CCCO2)c(C)s1. The van der Waals surface area contributed by atoms with E-state index in [1.165, 1.54) is 15.3 Å². The number of carbonyl (C=O) groups is 1. The summed E-state index contributed by atoms with van der Waals surface area (Å²) in [5.74, 6) is 0. The first-order valence-electron chi connectivity index (χ1n) is 6.79. The molecule has 4 nitrogen and oxygen atoms in total. The van der Waals surface area contributed by atoms with E-state index in [1.807, 2.05) is 6.92 Å². The largest absolute Gasteiger partial charge is 0.376 e. The minimum absolute atomic E-state index is 0.0365. The predicted molar refractivity (Wildman–Crippen MR) is 77.7 cm³/mol. The molecule has 0 aliphatic carbocycles. The van der Waals surface area contributed by atoms with Crippen LogP contribution in [0.4, 0.5) is 4.79 Å². The quantitative estimate of drug-likeness (QED) is 0.892. The molecule has 106 valence electrons. The number of urea groups is 1. The monoisotopic (exact) mass is 282 g/mol. The Morgan fingerprint density at radius 1 is 1.58 bits per heavy atom. The molecular formula is C14H22N2O2S. The van der Waals surface area contributed by atoms with Crippen LogP contribution in [0.25, 0.3) is 0 Å². The molecule has 1 aromatic heterocycles. The van der Waals surface area contributed by atoms with Crippen molar-refractivity contribution >= 4 is 17.4 Å². The Bertz CT molecular complexity index is 439.